The summed E-state index contributed by atoms with van der Waals surface area (Å²) in [4.78, 5) is 14.9. The molecule has 0 unspecified atom stereocenters. The van der Waals surface area contributed by atoms with Gasteiger partial charge in [-0.1, -0.05) is 0 Å². The molecule has 1 heterocycles. The number of nitrogens with one attached hydrogen (secondary N) is 1. The summed E-state index contributed by atoms with van der Waals surface area (Å²) in [5, 5.41) is 2.60. The SMILES string of the molecule is Cc1ncoc1CSCCNC(=O)N(N)S. The molecule has 1 aromatic rings. The summed E-state index contributed by atoms with van der Waals surface area (Å²) in [7, 11) is 0. The zero-order chi connectivity index (χ0) is 12.0. The maximum atomic E-state index is 11.0. The van der Waals surface area contributed by atoms with Crippen molar-refractivity contribution in [3.8, 4) is 0 Å². The standard InChI is InChI=1S/C8H14N4O2S2/c1-6-7(14-5-11-6)4-16-3-2-10-8(13)12(9)15/h5,15H,2-4,9H2,1H3,(H,10,13). The number of nitrogens with two attached hydrogens (primary N) is 1. The van der Waals surface area contributed by atoms with Gasteiger partial charge in [0.15, 0.2) is 6.39 Å². The van der Waals surface area contributed by atoms with Crippen LogP contribution in [0.5, 0.6) is 0 Å². The van der Waals surface area contributed by atoms with E-state index >= 15 is 0 Å². The van der Waals surface area contributed by atoms with E-state index in [9.17, 15) is 4.79 Å². The van der Waals surface area contributed by atoms with E-state index in [-0.39, 0.29) is 0 Å². The molecule has 0 aromatic carbocycles. The Bertz CT molecular complexity index is 343. The number of thiol groups is 1. The van der Waals surface area contributed by atoms with Gasteiger partial charge in [0.1, 0.15) is 5.76 Å². The predicted molar refractivity (Wildman–Crippen MR) is 65.8 cm³/mol. The number of thioether (sulfide) groups is 1. The fourth-order valence-corrected chi connectivity index (χ4v) is 1.86. The highest BCUT2D eigenvalue weighted by Gasteiger charge is 2.05. The summed E-state index contributed by atoms with van der Waals surface area (Å²) < 4.78 is 5.88. The molecule has 0 radical (unpaired) electrons. The van der Waals surface area contributed by atoms with E-state index in [1.807, 2.05) is 6.92 Å². The summed E-state index contributed by atoms with van der Waals surface area (Å²) >= 11 is 5.30. The lowest BCUT2D eigenvalue weighted by atomic mass is 10.4. The van der Waals surface area contributed by atoms with Gasteiger partial charge in [0.2, 0.25) is 0 Å². The number of rotatable bonds is 5. The van der Waals surface area contributed by atoms with Gasteiger partial charge in [-0.25, -0.2) is 20.0 Å². The Balaban J connectivity index is 2.09. The third-order valence-electron chi connectivity index (χ3n) is 1.81. The first-order chi connectivity index (χ1) is 7.61. The van der Waals surface area contributed by atoms with Crippen LogP contribution < -0.4 is 11.2 Å². The van der Waals surface area contributed by atoms with Crippen molar-refractivity contribution in [1.29, 1.82) is 0 Å². The predicted octanol–water partition coefficient (Wildman–Crippen LogP) is 0.946. The Hall–Kier alpha value is -0.860. The number of urea groups is 1. The Kier molecular flexibility index (Phi) is 5.50. The van der Waals surface area contributed by atoms with Gasteiger partial charge in [-0.15, -0.1) is 0 Å². The largest absolute Gasteiger partial charge is 0.447 e. The van der Waals surface area contributed by atoms with Crippen molar-refractivity contribution >= 4 is 30.6 Å². The zero-order valence-corrected chi connectivity index (χ0v) is 10.6. The van der Waals surface area contributed by atoms with Gasteiger partial charge in [-0.05, 0) is 19.7 Å². The summed E-state index contributed by atoms with van der Waals surface area (Å²) in [5.41, 5.74) is 0.903. The second-order valence-corrected chi connectivity index (χ2v) is 4.53. The Morgan fingerprint density at radius 1 is 1.81 bits per heavy atom. The normalized spacial score (nSPS) is 10.2. The van der Waals surface area contributed by atoms with Crippen LogP contribution in [0.15, 0.2) is 10.8 Å². The van der Waals surface area contributed by atoms with Crippen LogP contribution in [0.3, 0.4) is 0 Å². The maximum absolute atomic E-state index is 11.0. The van der Waals surface area contributed by atoms with Gasteiger partial charge < -0.3 is 9.73 Å². The van der Waals surface area contributed by atoms with E-state index in [1.165, 1.54) is 6.39 Å². The molecule has 0 aliphatic carbocycles. The molecular weight excluding hydrogens is 248 g/mol. The molecule has 0 bridgehead atoms. The van der Waals surface area contributed by atoms with Gasteiger partial charge in [0.05, 0.1) is 11.4 Å². The number of hydrazine groups is 1. The first kappa shape index (κ1) is 13.2. The molecule has 6 nitrogen and oxygen atoms in total. The quantitative estimate of drug-likeness (QED) is 0.242. The highest BCUT2D eigenvalue weighted by Crippen LogP contribution is 2.14. The number of aryl methyl sites for hydroxylation is 1. The van der Waals surface area contributed by atoms with Gasteiger partial charge in [0.25, 0.3) is 0 Å². The van der Waals surface area contributed by atoms with Crippen molar-refractivity contribution in [2.75, 3.05) is 12.3 Å². The Labute approximate surface area is 103 Å². The monoisotopic (exact) mass is 262 g/mol. The third kappa shape index (κ3) is 4.33. The van der Waals surface area contributed by atoms with Crippen LogP contribution in [0, 0.1) is 6.92 Å². The number of hydrogen-bond donors (Lipinski definition) is 3. The lowest BCUT2D eigenvalue weighted by Crippen LogP contribution is -2.39. The van der Waals surface area contributed by atoms with Crippen molar-refractivity contribution in [1.82, 2.24) is 14.7 Å². The molecule has 0 saturated heterocycles. The highest BCUT2D eigenvalue weighted by atomic mass is 32.2. The summed E-state index contributed by atoms with van der Waals surface area (Å²) in [6, 6.07) is -0.417. The Morgan fingerprint density at radius 3 is 3.12 bits per heavy atom. The second kappa shape index (κ2) is 6.66. The van der Waals surface area contributed by atoms with E-state index < -0.39 is 6.03 Å². The highest BCUT2D eigenvalue weighted by molar-refractivity contribution is 7.98. The average molecular weight is 262 g/mol. The maximum Gasteiger partial charge on any atom is 0.341 e. The number of oxazole rings is 1. The molecule has 0 aliphatic heterocycles. The lowest BCUT2D eigenvalue weighted by Gasteiger charge is -2.09. The number of carbonyl (C=O) groups is 1. The summed E-state index contributed by atoms with van der Waals surface area (Å²) in [5.74, 6) is 7.49. The molecule has 0 spiro atoms. The molecule has 0 aliphatic rings. The molecule has 1 rings (SSSR count). The average Bonchev–Trinajstić information content (AvgIpc) is 2.63. The molecular formula is C8H14N4O2S2. The van der Waals surface area contributed by atoms with E-state index in [2.05, 4.69) is 23.1 Å². The molecule has 3 N–H and O–H groups in total. The minimum Gasteiger partial charge on any atom is -0.447 e. The fourth-order valence-electron chi connectivity index (χ4n) is 0.941. The number of hydrogen-bond acceptors (Lipinski definition) is 6. The lowest BCUT2D eigenvalue weighted by molar-refractivity contribution is 0.227. The number of aromatic nitrogens is 1. The van der Waals surface area contributed by atoms with Gasteiger partial charge in [0, 0.05) is 12.3 Å². The van der Waals surface area contributed by atoms with Crippen LogP contribution in [-0.4, -0.2) is 27.7 Å². The van der Waals surface area contributed by atoms with Crippen molar-refractivity contribution < 1.29 is 9.21 Å². The molecule has 90 valence electrons. The zero-order valence-electron chi connectivity index (χ0n) is 8.84. The molecule has 1 aromatic heterocycles. The van der Waals surface area contributed by atoms with Gasteiger partial charge in [-0.3, -0.25) is 0 Å². The smallest absolute Gasteiger partial charge is 0.341 e. The van der Waals surface area contributed by atoms with Crippen LogP contribution >= 0.6 is 24.6 Å². The van der Waals surface area contributed by atoms with Crippen LogP contribution in [0.25, 0.3) is 0 Å². The van der Waals surface area contributed by atoms with E-state index in [4.69, 9.17) is 10.3 Å². The van der Waals surface area contributed by atoms with Crippen LogP contribution in [-0.2, 0) is 5.75 Å². The van der Waals surface area contributed by atoms with E-state index in [0.717, 1.165) is 23.0 Å². The first-order valence-corrected chi connectivity index (χ1v) is 6.15. The minimum atomic E-state index is -0.417. The van der Waals surface area contributed by atoms with E-state index in [1.54, 1.807) is 11.8 Å². The van der Waals surface area contributed by atoms with Crippen molar-refractivity contribution in [2.24, 2.45) is 5.84 Å². The Morgan fingerprint density at radius 2 is 2.56 bits per heavy atom. The molecule has 16 heavy (non-hydrogen) atoms. The third-order valence-corrected chi connectivity index (χ3v) is 2.95. The van der Waals surface area contributed by atoms with Gasteiger partial charge in [-0.2, -0.15) is 11.8 Å². The van der Waals surface area contributed by atoms with Crippen LogP contribution in [0.4, 0.5) is 4.79 Å². The van der Waals surface area contributed by atoms with Crippen LogP contribution in [0.2, 0.25) is 0 Å². The first-order valence-electron chi connectivity index (χ1n) is 4.59. The topological polar surface area (TPSA) is 84.4 Å². The molecule has 2 amide bonds. The number of amides is 2. The number of carbonyl (C=O) groups excluding carboxylic acids is 1. The second-order valence-electron chi connectivity index (χ2n) is 2.99. The minimum absolute atomic E-state index is 0.417. The van der Waals surface area contributed by atoms with Crippen molar-refractivity contribution in [3.05, 3.63) is 17.8 Å². The molecule has 0 atom stereocenters. The molecule has 0 fully saturated rings. The summed E-state index contributed by atoms with van der Waals surface area (Å²) in [6.45, 7) is 2.43. The molecule has 0 saturated carbocycles. The number of nitrogens with zero attached hydrogens (tertiary/aromatic N) is 2. The van der Waals surface area contributed by atoms with Crippen LogP contribution in [0.1, 0.15) is 11.5 Å². The van der Waals surface area contributed by atoms with Crippen molar-refractivity contribution in [3.63, 3.8) is 0 Å². The van der Waals surface area contributed by atoms with Gasteiger partial charge >= 0.3 is 6.03 Å². The molecule has 8 heteroatoms. The summed E-state index contributed by atoms with van der Waals surface area (Å²) in [6.07, 6.45) is 1.43. The van der Waals surface area contributed by atoms with Crippen molar-refractivity contribution in [2.45, 2.75) is 12.7 Å². The van der Waals surface area contributed by atoms with E-state index in [0.29, 0.717) is 11.0 Å². The fraction of sp³-hybridized carbons (Fsp3) is 0.500.